The molecule has 4 nitrogen and oxygen atoms in total. The van der Waals surface area contributed by atoms with Gasteiger partial charge in [0.1, 0.15) is 11.2 Å². The molecule has 146 valence electrons. The number of anilines is 2. The Balaban J connectivity index is 1.57. The van der Waals surface area contributed by atoms with Crippen LogP contribution in [0.5, 0.6) is 0 Å². The number of rotatable bonds is 4. The Morgan fingerprint density at radius 2 is 1.79 bits per heavy atom. The molecule has 0 aromatic heterocycles. The summed E-state index contributed by atoms with van der Waals surface area (Å²) in [6.45, 7) is 0. The fourth-order valence-electron chi connectivity index (χ4n) is 3.13. The smallest absolute Gasteiger partial charge is 0.255 e. The highest BCUT2D eigenvalue weighted by Gasteiger charge is 2.34. The Labute approximate surface area is 180 Å². The van der Waals surface area contributed by atoms with Gasteiger partial charge >= 0.3 is 0 Å². The monoisotopic (exact) mass is 470 g/mol. The van der Waals surface area contributed by atoms with Gasteiger partial charge in [-0.05, 0) is 66.2 Å². The molecule has 1 saturated heterocycles. The number of hydrogen-bond donors (Lipinski definition) is 1. The molecular formula is C22H16BrFN2O2S. The second-order valence-corrected chi connectivity index (χ2v) is 8.47. The van der Waals surface area contributed by atoms with Gasteiger partial charge in [0, 0.05) is 21.4 Å². The first-order valence-electron chi connectivity index (χ1n) is 8.87. The molecule has 1 aliphatic rings. The van der Waals surface area contributed by atoms with Crippen molar-refractivity contribution in [1.82, 2.24) is 0 Å². The fraction of sp³-hybridized carbons (Fsp3) is 0.0909. The molecule has 0 saturated carbocycles. The molecular weight excluding hydrogens is 455 g/mol. The van der Waals surface area contributed by atoms with Crippen LogP contribution in [0, 0.1) is 5.82 Å². The average molecular weight is 471 g/mol. The van der Waals surface area contributed by atoms with Crippen LogP contribution in [0.2, 0.25) is 0 Å². The minimum atomic E-state index is -0.345. The predicted octanol–water partition coefficient (Wildman–Crippen LogP) is 5.62. The Kier molecular flexibility index (Phi) is 5.69. The van der Waals surface area contributed by atoms with Gasteiger partial charge in [-0.3, -0.25) is 14.5 Å². The van der Waals surface area contributed by atoms with Crippen molar-refractivity contribution in [3.8, 4) is 0 Å². The first-order valence-corrected chi connectivity index (χ1v) is 10.7. The topological polar surface area (TPSA) is 49.4 Å². The highest BCUT2D eigenvalue weighted by molar-refractivity contribution is 9.10. The predicted molar refractivity (Wildman–Crippen MR) is 118 cm³/mol. The van der Waals surface area contributed by atoms with Gasteiger partial charge in [-0.25, -0.2) is 4.39 Å². The van der Waals surface area contributed by atoms with Crippen molar-refractivity contribution in [2.75, 3.05) is 16.0 Å². The van der Waals surface area contributed by atoms with E-state index in [4.69, 9.17) is 0 Å². The zero-order valence-electron chi connectivity index (χ0n) is 15.1. The third-order valence-electron chi connectivity index (χ3n) is 4.51. The van der Waals surface area contributed by atoms with Gasteiger partial charge in [-0.1, -0.05) is 28.1 Å². The van der Waals surface area contributed by atoms with Crippen LogP contribution in [0.15, 0.2) is 77.3 Å². The van der Waals surface area contributed by atoms with Gasteiger partial charge in [-0.15, -0.1) is 11.8 Å². The normalized spacial score (nSPS) is 16.1. The summed E-state index contributed by atoms with van der Waals surface area (Å²) in [5, 5.41) is 2.66. The van der Waals surface area contributed by atoms with E-state index in [0.29, 0.717) is 22.7 Å². The lowest BCUT2D eigenvalue weighted by Gasteiger charge is -2.24. The zero-order chi connectivity index (χ0) is 20.4. The van der Waals surface area contributed by atoms with Crippen LogP contribution in [-0.2, 0) is 4.79 Å². The Morgan fingerprint density at radius 1 is 1.07 bits per heavy atom. The summed E-state index contributed by atoms with van der Waals surface area (Å²) < 4.78 is 14.2. The van der Waals surface area contributed by atoms with Crippen molar-refractivity contribution in [3.63, 3.8) is 0 Å². The molecule has 0 unspecified atom stereocenters. The number of carbonyl (C=O) groups is 2. The van der Waals surface area contributed by atoms with Gasteiger partial charge in [0.2, 0.25) is 5.91 Å². The number of benzene rings is 3. The first-order chi connectivity index (χ1) is 14.0. The summed E-state index contributed by atoms with van der Waals surface area (Å²) in [5.41, 5.74) is 2.74. The van der Waals surface area contributed by atoms with Gasteiger partial charge < -0.3 is 5.32 Å². The summed E-state index contributed by atoms with van der Waals surface area (Å²) in [6.07, 6.45) is 0. The van der Waals surface area contributed by atoms with Gasteiger partial charge in [0.25, 0.3) is 5.91 Å². The van der Waals surface area contributed by atoms with Crippen LogP contribution in [0.25, 0.3) is 0 Å². The molecule has 0 radical (unpaired) electrons. The maximum absolute atomic E-state index is 13.3. The molecule has 0 bridgehead atoms. The minimum Gasteiger partial charge on any atom is -0.322 e. The van der Waals surface area contributed by atoms with E-state index in [-0.39, 0.29) is 23.0 Å². The number of nitrogens with zero attached hydrogens (tertiary/aromatic N) is 1. The van der Waals surface area contributed by atoms with E-state index in [9.17, 15) is 14.0 Å². The highest BCUT2D eigenvalue weighted by Crippen LogP contribution is 2.42. The largest absolute Gasteiger partial charge is 0.322 e. The lowest BCUT2D eigenvalue weighted by atomic mass is 10.1. The Morgan fingerprint density at radius 3 is 2.52 bits per heavy atom. The molecule has 1 aliphatic heterocycles. The Hall–Kier alpha value is -2.64. The van der Waals surface area contributed by atoms with Crippen LogP contribution < -0.4 is 10.2 Å². The zero-order valence-corrected chi connectivity index (χ0v) is 17.5. The van der Waals surface area contributed by atoms with E-state index in [1.807, 2.05) is 36.4 Å². The molecule has 1 atom stereocenters. The molecule has 2 amide bonds. The molecule has 0 spiro atoms. The van der Waals surface area contributed by atoms with Crippen molar-refractivity contribution < 1.29 is 14.0 Å². The summed E-state index contributed by atoms with van der Waals surface area (Å²) in [4.78, 5) is 26.6. The molecule has 3 aromatic rings. The van der Waals surface area contributed by atoms with E-state index < -0.39 is 0 Å². The molecule has 3 aromatic carbocycles. The van der Waals surface area contributed by atoms with Crippen molar-refractivity contribution in [1.29, 1.82) is 0 Å². The lowest BCUT2D eigenvalue weighted by Crippen LogP contribution is -2.27. The van der Waals surface area contributed by atoms with Crippen molar-refractivity contribution in [2.24, 2.45) is 0 Å². The number of nitrogens with one attached hydrogen (secondary N) is 1. The SMILES string of the molecule is O=C(Nc1cccc([C@H]2SCC(=O)N2c2ccc(F)cc2)c1)c1ccc(Br)cc1. The van der Waals surface area contributed by atoms with Gasteiger partial charge in [0.15, 0.2) is 0 Å². The van der Waals surface area contributed by atoms with Crippen molar-refractivity contribution in [3.05, 3.63) is 94.2 Å². The standard InChI is InChI=1S/C22H16BrFN2O2S/c23-16-6-4-14(5-7-16)21(28)25-18-3-1-2-15(12-18)22-26(20(27)13-29-22)19-10-8-17(24)9-11-19/h1-12,22H,13H2,(H,25,28)/t22-/m1/s1. The fourth-order valence-corrected chi connectivity index (χ4v) is 4.56. The summed E-state index contributed by atoms with van der Waals surface area (Å²) in [7, 11) is 0. The number of thioether (sulfide) groups is 1. The first kappa shape index (κ1) is 19.7. The van der Waals surface area contributed by atoms with E-state index in [2.05, 4.69) is 21.2 Å². The number of carbonyl (C=O) groups excluding carboxylic acids is 2. The quantitative estimate of drug-likeness (QED) is 0.538. The number of hydrogen-bond acceptors (Lipinski definition) is 3. The lowest BCUT2D eigenvalue weighted by molar-refractivity contribution is -0.115. The molecule has 4 rings (SSSR count). The number of halogens is 2. The van der Waals surface area contributed by atoms with Crippen LogP contribution >= 0.6 is 27.7 Å². The third kappa shape index (κ3) is 4.36. The second-order valence-electron chi connectivity index (χ2n) is 6.49. The molecule has 1 N–H and O–H groups in total. The molecule has 1 heterocycles. The average Bonchev–Trinajstić information content (AvgIpc) is 3.11. The van der Waals surface area contributed by atoms with Gasteiger partial charge in [-0.2, -0.15) is 0 Å². The third-order valence-corrected chi connectivity index (χ3v) is 6.25. The molecule has 29 heavy (non-hydrogen) atoms. The second kappa shape index (κ2) is 8.39. The Bertz CT molecular complexity index is 1060. The molecule has 0 aliphatic carbocycles. The highest BCUT2D eigenvalue weighted by atomic mass is 79.9. The molecule has 1 fully saturated rings. The maximum atomic E-state index is 13.3. The maximum Gasteiger partial charge on any atom is 0.255 e. The van der Waals surface area contributed by atoms with Crippen LogP contribution in [-0.4, -0.2) is 17.6 Å². The minimum absolute atomic E-state index is 0.0316. The summed E-state index contributed by atoms with van der Waals surface area (Å²) in [5.74, 6) is -0.240. The summed E-state index contributed by atoms with van der Waals surface area (Å²) >= 11 is 4.86. The van der Waals surface area contributed by atoms with Crippen molar-refractivity contribution >= 4 is 50.9 Å². The number of amides is 2. The van der Waals surface area contributed by atoms with E-state index >= 15 is 0 Å². The van der Waals surface area contributed by atoms with Gasteiger partial charge in [0.05, 0.1) is 5.75 Å². The van der Waals surface area contributed by atoms with E-state index in [0.717, 1.165) is 10.0 Å². The van der Waals surface area contributed by atoms with Crippen LogP contribution in [0.3, 0.4) is 0 Å². The van der Waals surface area contributed by atoms with Crippen LogP contribution in [0.4, 0.5) is 15.8 Å². The van der Waals surface area contributed by atoms with Crippen LogP contribution in [0.1, 0.15) is 21.3 Å². The van der Waals surface area contributed by atoms with E-state index in [1.165, 1.54) is 23.9 Å². The van der Waals surface area contributed by atoms with E-state index in [1.54, 1.807) is 29.2 Å². The van der Waals surface area contributed by atoms with Crippen molar-refractivity contribution in [2.45, 2.75) is 5.37 Å². The summed E-state index contributed by atoms with van der Waals surface area (Å²) in [6, 6.07) is 20.4. The molecule has 7 heteroatoms.